The third kappa shape index (κ3) is 4.55. The average Bonchev–Trinajstić information content (AvgIpc) is 3.05. The van der Waals surface area contributed by atoms with Gasteiger partial charge >= 0.3 is 0 Å². The van der Waals surface area contributed by atoms with Gasteiger partial charge in [-0.25, -0.2) is 8.42 Å². The first kappa shape index (κ1) is 18.9. The van der Waals surface area contributed by atoms with Crippen molar-refractivity contribution in [2.45, 2.75) is 43.5 Å². The molecule has 7 heteroatoms. The number of benzene rings is 1. The van der Waals surface area contributed by atoms with Crippen molar-refractivity contribution in [3.05, 3.63) is 30.3 Å². The van der Waals surface area contributed by atoms with Gasteiger partial charge in [0.25, 0.3) is 0 Å². The van der Waals surface area contributed by atoms with Crippen LogP contribution in [0.5, 0.6) is 0 Å². The van der Waals surface area contributed by atoms with Crippen molar-refractivity contribution in [2.75, 3.05) is 26.2 Å². The summed E-state index contributed by atoms with van der Waals surface area (Å²) >= 11 is 0. The van der Waals surface area contributed by atoms with E-state index in [0.717, 1.165) is 19.3 Å². The van der Waals surface area contributed by atoms with E-state index in [1.54, 1.807) is 37.3 Å². The highest BCUT2D eigenvalue weighted by molar-refractivity contribution is 7.89. The van der Waals surface area contributed by atoms with Gasteiger partial charge in [-0.05, 0) is 37.9 Å². The Morgan fingerprint density at radius 1 is 1.25 bits per heavy atom. The summed E-state index contributed by atoms with van der Waals surface area (Å²) in [6.07, 6.45) is 3.52. The number of nitrogens with zero attached hydrogens (tertiary/aromatic N) is 2. The number of amides is 1. The highest BCUT2D eigenvalue weighted by atomic mass is 32.2. The monoisotopic (exact) mass is 353 g/mol. The maximum absolute atomic E-state index is 12.7. The van der Waals surface area contributed by atoms with Gasteiger partial charge in [0, 0.05) is 32.6 Å². The molecule has 0 saturated carbocycles. The lowest BCUT2D eigenvalue weighted by molar-refractivity contribution is -0.130. The minimum atomic E-state index is -3.48. The molecule has 0 bridgehead atoms. The number of carbonyl (C=O) groups is 1. The highest BCUT2D eigenvalue weighted by Gasteiger charge is 2.35. The van der Waals surface area contributed by atoms with Gasteiger partial charge in [0.05, 0.1) is 4.90 Å². The van der Waals surface area contributed by atoms with Crippen molar-refractivity contribution in [3.63, 3.8) is 0 Å². The Hall–Kier alpha value is -1.44. The second-order valence-electron chi connectivity index (χ2n) is 6.18. The van der Waals surface area contributed by atoms with Crippen LogP contribution in [0.3, 0.4) is 0 Å². The molecule has 0 spiro atoms. The number of unbranched alkanes of at least 4 members (excludes halogenated alkanes) is 2. The molecule has 1 aliphatic heterocycles. The molecule has 1 heterocycles. The summed E-state index contributed by atoms with van der Waals surface area (Å²) in [5.74, 6) is 0.00621. The molecule has 2 N–H and O–H groups in total. The molecule has 0 aliphatic carbocycles. The standard InChI is InChI=1S/C17H27N3O3S/c1-15(21)20(12-7-3-6-11-18)16-10-13-19(14-16)24(22,23)17-8-4-2-5-9-17/h2,4-5,8-9,16H,3,6-7,10-14,18H2,1H3. The molecular formula is C17H27N3O3S. The number of nitrogens with two attached hydrogens (primary N) is 1. The summed E-state index contributed by atoms with van der Waals surface area (Å²) in [5, 5.41) is 0. The molecule has 1 aromatic rings. The predicted molar refractivity (Wildman–Crippen MR) is 93.9 cm³/mol. The van der Waals surface area contributed by atoms with Gasteiger partial charge < -0.3 is 10.6 Å². The molecule has 1 fully saturated rings. The summed E-state index contributed by atoms with van der Waals surface area (Å²) in [6, 6.07) is 8.42. The first-order chi connectivity index (χ1) is 11.5. The summed E-state index contributed by atoms with van der Waals surface area (Å²) in [4.78, 5) is 14.1. The average molecular weight is 353 g/mol. The molecule has 1 amide bonds. The third-order valence-electron chi connectivity index (χ3n) is 4.46. The van der Waals surface area contributed by atoms with E-state index >= 15 is 0 Å². The van der Waals surface area contributed by atoms with Gasteiger partial charge in [-0.1, -0.05) is 24.6 Å². The topological polar surface area (TPSA) is 83.7 Å². The summed E-state index contributed by atoms with van der Waals surface area (Å²) in [7, 11) is -3.48. The number of rotatable bonds is 8. The Morgan fingerprint density at radius 2 is 1.96 bits per heavy atom. The summed E-state index contributed by atoms with van der Waals surface area (Å²) in [6.45, 7) is 3.70. The zero-order valence-corrected chi connectivity index (χ0v) is 15.0. The molecule has 2 rings (SSSR count). The Balaban J connectivity index is 2.01. The molecular weight excluding hydrogens is 326 g/mol. The molecule has 1 aliphatic rings. The number of carbonyl (C=O) groups excluding carboxylic acids is 1. The van der Waals surface area contributed by atoms with Crippen LogP contribution < -0.4 is 5.73 Å². The quantitative estimate of drug-likeness (QED) is 0.717. The lowest BCUT2D eigenvalue weighted by Gasteiger charge is -2.28. The SMILES string of the molecule is CC(=O)N(CCCCCN)C1CCN(S(=O)(=O)c2ccccc2)C1. The van der Waals surface area contributed by atoms with Crippen LogP contribution in [0.2, 0.25) is 0 Å². The van der Waals surface area contributed by atoms with Crippen molar-refractivity contribution < 1.29 is 13.2 Å². The fourth-order valence-corrected chi connectivity index (χ4v) is 4.64. The lowest BCUT2D eigenvalue weighted by atomic mass is 10.1. The molecule has 24 heavy (non-hydrogen) atoms. The van der Waals surface area contributed by atoms with Crippen molar-refractivity contribution in [2.24, 2.45) is 5.73 Å². The van der Waals surface area contributed by atoms with E-state index < -0.39 is 10.0 Å². The first-order valence-corrected chi connectivity index (χ1v) is 9.93. The Morgan fingerprint density at radius 3 is 2.58 bits per heavy atom. The van der Waals surface area contributed by atoms with Crippen LogP contribution in [0.4, 0.5) is 0 Å². The molecule has 1 atom stereocenters. The van der Waals surface area contributed by atoms with Crippen LogP contribution >= 0.6 is 0 Å². The van der Waals surface area contributed by atoms with Crippen LogP contribution in [0.15, 0.2) is 35.2 Å². The van der Waals surface area contributed by atoms with Crippen molar-refractivity contribution in [1.82, 2.24) is 9.21 Å². The van der Waals surface area contributed by atoms with E-state index in [2.05, 4.69) is 0 Å². The molecule has 0 radical (unpaired) electrons. The van der Waals surface area contributed by atoms with Crippen molar-refractivity contribution in [3.8, 4) is 0 Å². The Bertz CT molecular complexity index is 634. The van der Waals surface area contributed by atoms with Crippen molar-refractivity contribution in [1.29, 1.82) is 0 Å². The van der Waals surface area contributed by atoms with Gasteiger partial charge in [0.1, 0.15) is 0 Å². The summed E-state index contributed by atoms with van der Waals surface area (Å²) in [5.41, 5.74) is 5.49. The number of hydrogen-bond donors (Lipinski definition) is 1. The minimum Gasteiger partial charge on any atom is -0.339 e. The van der Waals surface area contributed by atoms with Gasteiger partial charge in [-0.3, -0.25) is 4.79 Å². The van der Waals surface area contributed by atoms with Crippen molar-refractivity contribution >= 4 is 15.9 Å². The molecule has 6 nitrogen and oxygen atoms in total. The van der Waals surface area contributed by atoms with Crippen LogP contribution in [0, 0.1) is 0 Å². The maximum atomic E-state index is 12.7. The number of hydrogen-bond acceptors (Lipinski definition) is 4. The second-order valence-corrected chi connectivity index (χ2v) is 8.12. The molecule has 1 aromatic carbocycles. The zero-order chi connectivity index (χ0) is 17.6. The van der Waals surface area contributed by atoms with Gasteiger partial charge in [-0.2, -0.15) is 4.31 Å². The van der Waals surface area contributed by atoms with Gasteiger partial charge in [0.2, 0.25) is 15.9 Å². The van der Waals surface area contributed by atoms with Crippen LogP contribution in [-0.2, 0) is 14.8 Å². The van der Waals surface area contributed by atoms with Crippen LogP contribution in [0.1, 0.15) is 32.6 Å². The van der Waals surface area contributed by atoms with E-state index in [4.69, 9.17) is 5.73 Å². The summed E-state index contributed by atoms with van der Waals surface area (Å²) < 4.78 is 26.8. The van der Waals surface area contributed by atoms with E-state index in [1.165, 1.54) is 4.31 Å². The molecule has 1 saturated heterocycles. The van der Waals surface area contributed by atoms with Crippen LogP contribution in [-0.4, -0.2) is 55.8 Å². The zero-order valence-electron chi connectivity index (χ0n) is 14.2. The van der Waals surface area contributed by atoms with E-state index in [0.29, 0.717) is 37.5 Å². The predicted octanol–water partition coefficient (Wildman–Crippen LogP) is 1.43. The lowest BCUT2D eigenvalue weighted by Crippen LogP contribution is -2.42. The fourth-order valence-electron chi connectivity index (χ4n) is 3.13. The van der Waals surface area contributed by atoms with E-state index in [-0.39, 0.29) is 11.9 Å². The fraction of sp³-hybridized carbons (Fsp3) is 0.588. The molecule has 0 aromatic heterocycles. The second kappa shape index (κ2) is 8.60. The Labute approximate surface area is 144 Å². The number of sulfonamides is 1. The van der Waals surface area contributed by atoms with Gasteiger partial charge in [-0.15, -0.1) is 0 Å². The minimum absolute atomic E-state index is 0.00621. The molecule has 134 valence electrons. The van der Waals surface area contributed by atoms with E-state index in [1.807, 2.05) is 4.90 Å². The Kier molecular flexibility index (Phi) is 6.77. The van der Waals surface area contributed by atoms with Gasteiger partial charge in [0.15, 0.2) is 0 Å². The van der Waals surface area contributed by atoms with E-state index in [9.17, 15) is 13.2 Å². The largest absolute Gasteiger partial charge is 0.339 e. The first-order valence-electron chi connectivity index (χ1n) is 8.49. The maximum Gasteiger partial charge on any atom is 0.243 e. The third-order valence-corrected chi connectivity index (χ3v) is 6.33. The molecule has 1 unspecified atom stereocenters. The normalized spacial score (nSPS) is 18.7. The smallest absolute Gasteiger partial charge is 0.243 e. The highest BCUT2D eigenvalue weighted by Crippen LogP contribution is 2.24. The van der Waals surface area contributed by atoms with Crippen LogP contribution in [0.25, 0.3) is 0 Å².